The van der Waals surface area contributed by atoms with E-state index in [1.54, 1.807) is 12.1 Å². The summed E-state index contributed by atoms with van der Waals surface area (Å²) in [5.41, 5.74) is 6.95. The van der Waals surface area contributed by atoms with E-state index in [2.05, 4.69) is 10.0 Å². The normalized spacial score (nSPS) is 13.1. The SMILES string of the molecule is CCn1c2ccc(C(=O)c3ccccc3C)cc2c2cc3c(cc21)OCC=C(NOC(C)=O)C3=O. The summed E-state index contributed by atoms with van der Waals surface area (Å²) in [4.78, 5) is 42.6. The Labute approximate surface area is 201 Å². The van der Waals surface area contributed by atoms with Crippen molar-refractivity contribution in [1.29, 1.82) is 0 Å². The Morgan fingerprint density at radius 2 is 1.83 bits per heavy atom. The second-order valence-corrected chi connectivity index (χ2v) is 8.44. The standard InChI is InChI=1S/C28H24N2O5/c1-4-30-24-10-9-18(27(32)19-8-6-5-7-16(19)2)13-20(24)21-14-22-26(15-25(21)30)34-12-11-23(28(22)33)29-35-17(3)31/h5-11,13-15,29H,4,12H2,1-3H3. The predicted molar refractivity (Wildman–Crippen MR) is 133 cm³/mol. The lowest BCUT2D eigenvalue weighted by Crippen LogP contribution is -2.23. The smallest absolute Gasteiger partial charge is 0.329 e. The van der Waals surface area contributed by atoms with Crippen molar-refractivity contribution in [3.8, 4) is 5.75 Å². The molecule has 0 aliphatic carbocycles. The van der Waals surface area contributed by atoms with Crippen LogP contribution in [0.4, 0.5) is 0 Å². The Hall–Kier alpha value is -4.39. The van der Waals surface area contributed by atoms with Crippen LogP contribution < -0.4 is 10.2 Å². The van der Waals surface area contributed by atoms with Gasteiger partial charge in [0.2, 0.25) is 5.78 Å². The minimum atomic E-state index is -0.559. The van der Waals surface area contributed by atoms with Gasteiger partial charge in [0.25, 0.3) is 0 Å². The van der Waals surface area contributed by atoms with Gasteiger partial charge in [0.15, 0.2) is 5.78 Å². The monoisotopic (exact) mass is 468 g/mol. The maximum Gasteiger partial charge on any atom is 0.329 e. The average Bonchev–Trinajstić information content (AvgIpc) is 3.07. The molecule has 2 heterocycles. The summed E-state index contributed by atoms with van der Waals surface area (Å²) in [6, 6.07) is 16.9. The first-order valence-corrected chi connectivity index (χ1v) is 11.4. The first-order chi connectivity index (χ1) is 16.9. The largest absolute Gasteiger partial charge is 0.489 e. The van der Waals surface area contributed by atoms with Gasteiger partial charge in [0.1, 0.15) is 18.1 Å². The Morgan fingerprint density at radius 3 is 2.57 bits per heavy atom. The Kier molecular flexibility index (Phi) is 5.61. The van der Waals surface area contributed by atoms with Crippen molar-refractivity contribution in [2.45, 2.75) is 27.3 Å². The molecule has 1 N–H and O–H groups in total. The van der Waals surface area contributed by atoms with Crippen LogP contribution in [0.3, 0.4) is 0 Å². The quantitative estimate of drug-likeness (QED) is 0.332. The number of nitrogens with zero attached hydrogens (tertiary/aromatic N) is 1. The van der Waals surface area contributed by atoms with Crippen LogP contribution in [0.25, 0.3) is 21.8 Å². The summed E-state index contributed by atoms with van der Waals surface area (Å²) in [5, 5.41) is 1.71. The maximum absolute atomic E-state index is 13.3. The van der Waals surface area contributed by atoms with Crippen LogP contribution in [0.1, 0.15) is 45.7 Å². The molecule has 5 rings (SSSR count). The van der Waals surface area contributed by atoms with Gasteiger partial charge in [-0.2, -0.15) is 0 Å². The van der Waals surface area contributed by atoms with E-state index >= 15 is 0 Å². The number of hydrogen-bond acceptors (Lipinski definition) is 6. The predicted octanol–water partition coefficient (Wildman–Crippen LogP) is 4.88. The second-order valence-electron chi connectivity index (χ2n) is 8.44. The number of carbonyl (C=O) groups excluding carboxylic acids is 3. The molecule has 0 saturated heterocycles. The van der Waals surface area contributed by atoms with Crippen LogP contribution in [-0.4, -0.2) is 28.7 Å². The number of benzene rings is 3. The number of aryl methyl sites for hydroxylation is 2. The van der Waals surface area contributed by atoms with Gasteiger partial charge in [-0.25, -0.2) is 5.48 Å². The number of ether oxygens (including phenoxy) is 1. The Balaban J connectivity index is 1.67. The number of ketones is 2. The Morgan fingerprint density at radius 1 is 1.06 bits per heavy atom. The molecule has 7 nitrogen and oxygen atoms in total. The molecule has 0 saturated carbocycles. The van der Waals surface area contributed by atoms with Crippen LogP contribution in [-0.2, 0) is 16.2 Å². The summed E-state index contributed by atoms with van der Waals surface area (Å²) in [7, 11) is 0. The number of rotatable bonds is 5. The van der Waals surface area contributed by atoms with E-state index in [4.69, 9.17) is 9.57 Å². The molecule has 3 aromatic carbocycles. The molecule has 0 bridgehead atoms. The molecule has 0 fully saturated rings. The van der Waals surface area contributed by atoms with Crippen molar-refractivity contribution in [1.82, 2.24) is 10.0 Å². The number of fused-ring (bicyclic) bond motifs is 4. The van der Waals surface area contributed by atoms with Crippen LogP contribution in [0.15, 0.2) is 66.4 Å². The molecular formula is C28H24N2O5. The van der Waals surface area contributed by atoms with Crippen LogP contribution in [0, 0.1) is 6.92 Å². The highest BCUT2D eigenvalue weighted by Crippen LogP contribution is 2.36. The topological polar surface area (TPSA) is 86.6 Å². The number of aromatic nitrogens is 1. The van der Waals surface area contributed by atoms with Gasteiger partial charge in [-0.15, -0.1) is 0 Å². The zero-order valence-corrected chi connectivity index (χ0v) is 19.7. The lowest BCUT2D eigenvalue weighted by atomic mass is 9.97. The molecule has 35 heavy (non-hydrogen) atoms. The molecule has 1 aliphatic heterocycles. The number of nitrogens with one attached hydrogen (secondary N) is 1. The van der Waals surface area contributed by atoms with Crippen molar-refractivity contribution in [3.63, 3.8) is 0 Å². The molecule has 0 spiro atoms. The number of allylic oxidation sites excluding steroid dienone is 1. The molecular weight excluding hydrogens is 444 g/mol. The summed E-state index contributed by atoms with van der Waals surface area (Å²) >= 11 is 0. The zero-order chi connectivity index (χ0) is 24.7. The van der Waals surface area contributed by atoms with E-state index in [9.17, 15) is 14.4 Å². The molecule has 1 aliphatic rings. The summed E-state index contributed by atoms with van der Waals surface area (Å²) in [6.07, 6.45) is 1.54. The van der Waals surface area contributed by atoms with Crippen LogP contribution in [0.5, 0.6) is 5.75 Å². The molecule has 0 unspecified atom stereocenters. The third-order valence-corrected chi connectivity index (χ3v) is 6.25. The molecule has 0 radical (unpaired) electrons. The van der Waals surface area contributed by atoms with E-state index in [0.29, 0.717) is 29.0 Å². The van der Waals surface area contributed by atoms with Crippen molar-refractivity contribution in [2.24, 2.45) is 0 Å². The van der Waals surface area contributed by atoms with Gasteiger partial charge in [-0.1, -0.05) is 24.3 Å². The summed E-state index contributed by atoms with van der Waals surface area (Å²) < 4.78 is 7.98. The molecule has 1 aromatic heterocycles. The lowest BCUT2D eigenvalue weighted by molar-refractivity contribution is -0.146. The fourth-order valence-corrected chi connectivity index (χ4v) is 4.55. The highest BCUT2D eigenvalue weighted by atomic mass is 16.7. The zero-order valence-electron chi connectivity index (χ0n) is 19.7. The first-order valence-electron chi connectivity index (χ1n) is 11.4. The molecule has 4 aromatic rings. The summed E-state index contributed by atoms with van der Waals surface area (Å²) in [5.74, 6) is -0.499. The van der Waals surface area contributed by atoms with E-state index in [-0.39, 0.29) is 23.9 Å². The van der Waals surface area contributed by atoms with Crippen molar-refractivity contribution < 1.29 is 24.0 Å². The third-order valence-electron chi connectivity index (χ3n) is 6.25. The van der Waals surface area contributed by atoms with Gasteiger partial charge in [-0.05, 0) is 49.8 Å². The van der Waals surface area contributed by atoms with E-state index in [1.165, 1.54) is 6.92 Å². The average molecular weight is 469 g/mol. The van der Waals surface area contributed by atoms with Crippen molar-refractivity contribution >= 4 is 39.3 Å². The van der Waals surface area contributed by atoms with Crippen LogP contribution >= 0.6 is 0 Å². The first kappa shape index (κ1) is 22.4. The van der Waals surface area contributed by atoms with Gasteiger partial charge in [-0.3, -0.25) is 14.4 Å². The molecule has 0 amide bonds. The van der Waals surface area contributed by atoms with E-state index in [0.717, 1.165) is 27.4 Å². The minimum Gasteiger partial charge on any atom is -0.489 e. The maximum atomic E-state index is 13.3. The van der Waals surface area contributed by atoms with Gasteiger partial charge < -0.3 is 14.1 Å². The minimum absolute atomic E-state index is 0.0487. The van der Waals surface area contributed by atoms with Crippen molar-refractivity contribution in [2.75, 3.05) is 6.61 Å². The third kappa shape index (κ3) is 3.85. The van der Waals surface area contributed by atoms with Crippen molar-refractivity contribution in [3.05, 3.63) is 88.6 Å². The second kappa shape index (κ2) is 8.76. The fourth-order valence-electron chi connectivity index (χ4n) is 4.55. The fraction of sp³-hybridized carbons (Fsp3) is 0.179. The van der Waals surface area contributed by atoms with Gasteiger partial charge >= 0.3 is 5.97 Å². The molecule has 7 heteroatoms. The number of hydroxylamine groups is 1. The van der Waals surface area contributed by atoms with Gasteiger partial charge in [0, 0.05) is 47.0 Å². The molecule has 176 valence electrons. The number of Topliss-reactive ketones (excluding diaryl/α,β-unsaturated/α-hetero) is 1. The summed E-state index contributed by atoms with van der Waals surface area (Å²) in [6.45, 7) is 6.07. The number of hydrogen-bond donors (Lipinski definition) is 1. The Bertz CT molecular complexity index is 1560. The lowest BCUT2D eigenvalue weighted by Gasteiger charge is -2.10. The number of carbonyl (C=O) groups is 3. The van der Waals surface area contributed by atoms with E-state index < -0.39 is 5.97 Å². The van der Waals surface area contributed by atoms with E-state index in [1.807, 2.05) is 62.4 Å². The highest BCUT2D eigenvalue weighted by molar-refractivity contribution is 6.18. The molecule has 0 atom stereocenters. The van der Waals surface area contributed by atoms with Crippen LogP contribution in [0.2, 0.25) is 0 Å². The highest BCUT2D eigenvalue weighted by Gasteiger charge is 2.24. The van der Waals surface area contributed by atoms with Gasteiger partial charge in [0.05, 0.1) is 11.1 Å².